The smallest absolute Gasteiger partial charge is 0.309 e. The number of nitrogens with one attached hydrogen (secondary N) is 2. The molecule has 0 amide bonds. The Balaban J connectivity index is 1.72. The molecule has 4 rings (SSSR count). The van der Waals surface area contributed by atoms with Gasteiger partial charge in [-0.15, -0.1) is 0 Å². The van der Waals surface area contributed by atoms with Crippen molar-refractivity contribution in [2.45, 2.75) is 19.9 Å². The first-order chi connectivity index (χ1) is 14.5. The monoisotopic (exact) mass is 405 g/mol. The van der Waals surface area contributed by atoms with Gasteiger partial charge in [-0.2, -0.15) is 0 Å². The molecule has 0 bridgehead atoms. The fourth-order valence-electron chi connectivity index (χ4n) is 3.56. The van der Waals surface area contributed by atoms with Crippen LogP contribution in [0, 0.1) is 6.92 Å². The molecule has 0 spiro atoms. The number of aromatic nitrogens is 1. The van der Waals surface area contributed by atoms with Crippen LogP contribution in [0.1, 0.15) is 16.7 Å². The number of rotatable bonds is 4. The molecular formula is C23H23N3O4. The third-order valence-electron chi connectivity index (χ3n) is 5.21. The molecule has 3 N–H and O–H groups in total. The highest BCUT2D eigenvalue weighted by Gasteiger charge is 2.18. The number of ether oxygens (including phenoxy) is 2. The molecule has 0 atom stereocenters. The number of nitrogens with zero attached hydrogens (tertiary/aromatic N) is 1. The van der Waals surface area contributed by atoms with Gasteiger partial charge in [0, 0.05) is 30.1 Å². The molecule has 2 heterocycles. The summed E-state index contributed by atoms with van der Waals surface area (Å²) in [6, 6.07) is 11.3. The SMILES string of the molecule is COC(=O)Cc1ccc2c(c1)NCc1c(O)cc(-c3cc(OC)ncc3C)cc1N2. The molecule has 7 heteroatoms. The largest absolute Gasteiger partial charge is 0.507 e. The van der Waals surface area contributed by atoms with E-state index in [1.807, 2.05) is 37.3 Å². The molecule has 0 radical (unpaired) electrons. The molecule has 0 fully saturated rings. The minimum Gasteiger partial charge on any atom is -0.507 e. The predicted octanol–water partition coefficient (Wildman–Crippen LogP) is 4.16. The van der Waals surface area contributed by atoms with Crippen LogP contribution in [0.2, 0.25) is 0 Å². The fraction of sp³-hybridized carbons (Fsp3) is 0.217. The predicted molar refractivity (Wildman–Crippen MR) is 115 cm³/mol. The molecule has 1 aliphatic rings. The molecule has 1 aromatic heterocycles. The number of phenolic OH excluding ortho intramolecular Hbond substituents is 1. The summed E-state index contributed by atoms with van der Waals surface area (Å²) in [6.07, 6.45) is 1.96. The van der Waals surface area contributed by atoms with Crippen molar-refractivity contribution in [1.29, 1.82) is 0 Å². The second kappa shape index (κ2) is 7.94. The summed E-state index contributed by atoms with van der Waals surface area (Å²) in [4.78, 5) is 15.8. The maximum atomic E-state index is 11.6. The number of carbonyl (C=O) groups excluding carboxylic acids is 1. The minimum absolute atomic E-state index is 0.195. The third-order valence-corrected chi connectivity index (χ3v) is 5.21. The number of aromatic hydroxyl groups is 1. The number of esters is 1. The molecule has 30 heavy (non-hydrogen) atoms. The first-order valence-electron chi connectivity index (χ1n) is 9.56. The van der Waals surface area contributed by atoms with Gasteiger partial charge in [0.05, 0.1) is 32.0 Å². The van der Waals surface area contributed by atoms with Gasteiger partial charge >= 0.3 is 5.97 Å². The Morgan fingerprint density at radius 3 is 2.73 bits per heavy atom. The lowest BCUT2D eigenvalue weighted by Crippen LogP contribution is -2.05. The highest BCUT2D eigenvalue weighted by molar-refractivity contribution is 5.84. The molecule has 0 unspecified atom stereocenters. The molecule has 7 nitrogen and oxygen atoms in total. The van der Waals surface area contributed by atoms with Gasteiger partial charge in [0.1, 0.15) is 5.75 Å². The Bertz CT molecular complexity index is 1130. The Kier molecular flexibility index (Phi) is 5.18. The molecule has 154 valence electrons. The number of aryl methyl sites for hydroxylation is 1. The average Bonchev–Trinajstić information content (AvgIpc) is 2.93. The van der Waals surface area contributed by atoms with Crippen molar-refractivity contribution in [2.75, 3.05) is 24.9 Å². The van der Waals surface area contributed by atoms with E-state index < -0.39 is 0 Å². The first kappa shape index (κ1) is 19.6. The quantitative estimate of drug-likeness (QED) is 0.561. The number of pyridine rings is 1. The molecule has 0 saturated heterocycles. The van der Waals surface area contributed by atoms with Crippen molar-refractivity contribution in [3.05, 3.63) is 59.3 Å². The summed E-state index contributed by atoms with van der Waals surface area (Å²) in [5, 5.41) is 17.5. The third kappa shape index (κ3) is 3.74. The summed E-state index contributed by atoms with van der Waals surface area (Å²) in [6.45, 7) is 2.42. The highest BCUT2D eigenvalue weighted by Crippen LogP contribution is 2.40. The van der Waals surface area contributed by atoms with Crippen molar-refractivity contribution < 1.29 is 19.4 Å². The summed E-state index contributed by atoms with van der Waals surface area (Å²) in [5.74, 6) is 0.425. The van der Waals surface area contributed by atoms with Crippen LogP contribution < -0.4 is 15.4 Å². The molecule has 0 aliphatic carbocycles. The Morgan fingerprint density at radius 1 is 1.13 bits per heavy atom. The number of hydrogen-bond acceptors (Lipinski definition) is 7. The van der Waals surface area contributed by atoms with E-state index in [9.17, 15) is 9.90 Å². The van der Waals surface area contributed by atoms with E-state index >= 15 is 0 Å². The van der Waals surface area contributed by atoms with Gasteiger partial charge in [0.2, 0.25) is 5.88 Å². The normalized spacial score (nSPS) is 12.0. The van der Waals surface area contributed by atoms with Gasteiger partial charge in [-0.3, -0.25) is 4.79 Å². The maximum absolute atomic E-state index is 11.6. The van der Waals surface area contributed by atoms with E-state index in [1.54, 1.807) is 19.4 Å². The lowest BCUT2D eigenvalue weighted by atomic mass is 9.99. The fourth-order valence-corrected chi connectivity index (χ4v) is 3.56. The zero-order valence-electron chi connectivity index (χ0n) is 17.1. The van der Waals surface area contributed by atoms with Crippen molar-refractivity contribution >= 4 is 23.0 Å². The van der Waals surface area contributed by atoms with Gasteiger partial charge in [-0.1, -0.05) is 6.07 Å². The van der Waals surface area contributed by atoms with Gasteiger partial charge in [0.15, 0.2) is 0 Å². The lowest BCUT2D eigenvalue weighted by molar-refractivity contribution is -0.139. The van der Waals surface area contributed by atoms with Crippen molar-refractivity contribution in [3.63, 3.8) is 0 Å². The van der Waals surface area contributed by atoms with E-state index in [0.29, 0.717) is 12.4 Å². The lowest BCUT2D eigenvalue weighted by Gasteiger charge is -2.14. The minimum atomic E-state index is -0.287. The van der Waals surface area contributed by atoms with E-state index in [4.69, 9.17) is 9.47 Å². The van der Waals surface area contributed by atoms with Crippen LogP contribution >= 0.6 is 0 Å². The van der Waals surface area contributed by atoms with Crippen molar-refractivity contribution in [3.8, 4) is 22.8 Å². The zero-order valence-corrected chi connectivity index (χ0v) is 17.1. The van der Waals surface area contributed by atoms with Crippen LogP contribution in [-0.4, -0.2) is 30.3 Å². The molecule has 1 aliphatic heterocycles. The molecule has 2 aromatic carbocycles. The van der Waals surface area contributed by atoms with Gasteiger partial charge in [-0.25, -0.2) is 4.98 Å². The van der Waals surface area contributed by atoms with E-state index in [1.165, 1.54) is 7.11 Å². The average molecular weight is 405 g/mol. The number of anilines is 3. The number of hydrogen-bond donors (Lipinski definition) is 3. The molecule has 0 saturated carbocycles. The van der Waals surface area contributed by atoms with Crippen LogP contribution in [0.3, 0.4) is 0 Å². The van der Waals surface area contributed by atoms with Crippen molar-refractivity contribution in [2.24, 2.45) is 0 Å². The van der Waals surface area contributed by atoms with Gasteiger partial charge in [-0.05, 0) is 53.4 Å². The standard InChI is InChI=1S/C23H23N3O4/c1-13-11-25-22(29-2)10-16(13)15-8-19-17(21(27)9-15)12-24-20-6-14(7-23(28)30-3)4-5-18(20)26-19/h4-6,8-11,24,26-27H,7,12H2,1-3H3. The second-order valence-electron chi connectivity index (χ2n) is 7.17. The number of methoxy groups -OCH3 is 2. The molecular weight excluding hydrogens is 382 g/mol. The van der Waals surface area contributed by atoms with Crippen LogP contribution in [0.15, 0.2) is 42.6 Å². The van der Waals surface area contributed by atoms with E-state index in [-0.39, 0.29) is 18.1 Å². The second-order valence-corrected chi connectivity index (χ2v) is 7.17. The Morgan fingerprint density at radius 2 is 1.97 bits per heavy atom. The van der Waals surface area contributed by atoms with Crippen LogP contribution in [0.5, 0.6) is 11.6 Å². The van der Waals surface area contributed by atoms with Crippen LogP contribution in [0.25, 0.3) is 11.1 Å². The summed E-state index contributed by atoms with van der Waals surface area (Å²) in [7, 11) is 2.96. The molecule has 3 aromatic rings. The van der Waals surface area contributed by atoms with Crippen LogP contribution in [-0.2, 0) is 22.5 Å². The maximum Gasteiger partial charge on any atom is 0.309 e. The van der Waals surface area contributed by atoms with E-state index in [2.05, 4.69) is 15.6 Å². The number of benzene rings is 2. The topological polar surface area (TPSA) is 92.7 Å². The van der Waals surface area contributed by atoms with Crippen LogP contribution in [0.4, 0.5) is 17.1 Å². The van der Waals surface area contributed by atoms with Crippen molar-refractivity contribution in [1.82, 2.24) is 4.98 Å². The summed E-state index contributed by atoms with van der Waals surface area (Å²) >= 11 is 0. The number of fused-ring (bicyclic) bond motifs is 2. The highest BCUT2D eigenvalue weighted by atomic mass is 16.5. The zero-order chi connectivity index (χ0) is 21.3. The Hall–Kier alpha value is -3.74. The summed E-state index contributed by atoms with van der Waals surface area (Å²) < 4.78 is 10.0. The van der Waals surface area contributed by atoms with Gasteiger partial charge in [0.25, 0.3) is 0 Å². The summed E-state index contributed by atoms with van der Waals surface area (Å²) in [5.41, 5.74) is 6.93. The first-order valence-corrected chi connectivity index (χ1v) is 9.56. The van der Waals surface area contributed by atoms with Gasteiger partial charge < -0.3 is 25.2 Å². The van der Waals surface area contributed by atoms with E-state index in [0.717, 1.165) is 44.9 Å². The Labute approximate surface area is 174 Å². The number of phenols is 1. The number of carbonyl (C=O) groups is 1.